The molecule has 0 aliphatic carbocycles. The van der Waals surface area contributed by atoms with Crippen molar-refractivity contribution in [1.29, 1.82) is 0 Å². The zero-order valence-electron chi connectivity index (χ0n) is 9.96. The molecule has 4 nitrogen and oxygen atoms in total. The van der Waals surface area contributed by atoms with Crippen LogP contribution in [0.4, 0.5) is 0 Å². The second-order valence-corrected chi connectivity index (χ2v) is 4.31. The maximum atomic E-state index is 10.8. The Morgan fingerprint density at radius 1 is 1.33 bits per heavy atom. The summed E-state index contributed by atoms with van der Waals surface area (Å²) in [4.78, 5) is 10.8. The Hall–Kier alpha value is -2.36. The molecule has 0 radical (unpaired) electrons. The van der Waals surface area contributed by atoms with Gasteiger partial charge in [-0.15, -0.1) is 0 Å². The first-order valence-corrected chi connectivity index (χ1v) is 5.72. The Balaban J connectivity index is 2.03. The normalized spacial score (nSPS) is 10.9. The zero-order valence-corrected chi connectivity index (χ0v) is 9.96. The first kappa shape index (κ1) is 10.8. The summed E-state index contributed by atoms with van der Waals surface area (Å²) < 4.78 is 7.25. The van der Waals surface area contributed by atoms with Crippen molar-refractivity contribution in [2.75, 3.05) is 0 Å². The second kappa shape index (κ2) is 4.14. The van der Waals surface area contributed by atoms with Gasteiger partial charge >= 0.3 is 0 Å². The van der Waals surface area contributed by atoms with Gasteiger partial charge in [0.2, 0.25) is 0 Å². The summed E-state index contributed by atoms with van der Waals surface area (Å²) in [5, 5.41) is 4.97. The highest BCUT2D eigenvalue weighted by molar-refractivity contribution is 5.87. The van der Waals surface area contributed by atoms with Gasteiger partial charge in [-0.1, -0.05) is 17.3 Å². The number of carbonyl (C=O) groups excluding carboxylic acids is 1. The highest BCUT2D eigenvalue weighted by atomic mass is 16.5. The van der Waals surface area contributed by atoms with Crippen LogP contribution in [0.25, 0.3) is 10.9 Å². The van der Waals surface area contributed by atoms with Crippen molar-refractivity contribution in [1.82, 2.24) is 9.72 Å². The predicted octanol–water partition coefficient (Wildman–Crippen LogP) is 2.80. The molecular weight excluding hydrogens is 228 g/mol. The molecule has 0 N–H and O–H groups in total. The molecule has 0 aliphatic heterocycles. The molecule has 1 aromatic carbocycles. The number of aromatic nitrogens is 2. The molecule has 0 saturated carbocycles. The molecule has 3 rings (SSSR count). The standard InChI is InChI=1S/C14H12N2O2/c1-10-6-13(18-15-10)8-16-5-4-12-3-2-11(9-17)7-14(12)16/h2-7,9H,8H2,1H3. The molecule has 0 aliphatic rings. The third-order valence-corrected chi connectivity index (χ3v) is 2.94. The monoisotopic (exact) mass is 240 g/mol. The average Bonchev–Trinajstić information content (AvgIpc) is 2.96. The smallest absolute Gasteiger partial charge is 0.156 e. The van der Waals surface area contributed by atoms with E-state index >= 15 is 0 Å². The van der Waals surface area contributed by atoms with Crippen LogP contribution in [0.3, 0.4) is 0 Å². The number of rotatable bonds is 3. The van der Waals surface area contributed by atoms with Crippen LogP contribution in [0.5, 0.6) is 0 Å². The third kappa shape index (κ3) is 1.82. The number of hydrogen-bond acceptors (Lipinski definition) is 3. The Morgan fingerprint density at radius 3 is 2.94 bits per heavy atom. The molecule has 0 fully saturated rings. The SMILES string of the molecule is Cc1cc(Cn2ccc3ccc(C=O)cc32)on1. The molecule has 2 aromatic heterocycles. The molecule has 4 heteroatoms. The Morgan fingerprint density at radius 2 is 2.22 bits per heavy atom. The first-order valence-electron chi connectivity index (χ1n) is 5.72. The molecule has 90 valence electrons. The molecule has 0 atom stereocenters. The van der Waals surface area contributed by atoms with Gasteiger partial charge in [0.25, 0.3) is 0 Å². The van der Waals surface area contributed by atoms with Gasteiger partial charge in [-0.05, 0) is 24.4 Å². The minimum Gasteiger partial charge on any atom is -0.359 e. The lowest BCUT2D eigenvalue weighted by molar-refractivity contribution is 0.112. The van der Waals surface area contributed by atoms with Crippen LogP contribution in [0.1, 0.15) is 21.8 Å². The van der Waals surface area contributed by atoms with Gasteiger partial charge in [0.15, 0.2) is 5.76 Å². The van der Waals surface area contributed by atoms with Crippen molar-refractivity contribution in [3.63, 3.8) is 0 Å². The molecular formula is C14H12N2O2. The fourth-order valence-corrected chi connectivity index (χ4v) is 2.07. The van der Waals surface area contributed by atoms with E-state index in [9.17, 15) is 4.79 Å². The number of aryl methyl sites for hydroxylation is 1. The maximum Gasteiger partial charge on any atom is 0.156 e. The van der Waals surface area contributed by atoms with Crippen molar-refractivity contribution in [3.05, 3.63) is 53.5 Å². The predicted molar refractivity (Wildman–Crippen MR) is 67.7 cm³/mol. The van der Waals surface area contributed by atoms with Crippen LogP contribution in [0.2, 0.25) is 0 Å². The van der Waals surface area contributed by atoms with Crippen molar-refractivity contribution in [3.8, 4) is 0 Å². The van der Waals surface area contributed by atoms with Crippen LogP contribution in [-0.4, -0.2) is 16.0 Å². The first-order chi connectivity index (χ1) is 8.76. The van der Waals surface area contributed by atoms with E-state index in [2.05, 4.69) is 5.16 Å². The van der Waals surface area contributed by atoms with Gasteiger partial charge in [-0.2, -0.15) is 0 Å². The molecule has 18 heavy (non-hydrogen) atoms. The highest BCUT2D eigenvalue weighted by Gasteiger charge is 2.06. The molecule has 0 unspecified atom stereocenters. The molecule has 3 aromatic rings. The summed E-state index contributed by atoms with van der Waals surface area (Å²) in [5.74, 6) is 0.807. The van der Waals surface area contributed by atoms with E-state index in [1.807, 2.05) is 48.0 Å². The van der Waals surface area contributed by atoms with Gasteiger partial charge < -0.3 is 9.09 Å². The lowest BCUT2D eigenvalue weighted by Crippen LogP contribution is -1.96. The molecule has 0 spiro atoms. The van der Waals surface area contributed by atoms with Gasteiger partial charge in [0.1, 0.15) is 6.29 Å². The Kier molecular flexibility index (Phi) is 2.48. The summed E-state index contributed by atoms with van der Waals surface area (Å²) in [7, 11) is 0. The van der Waals surface area contributed by atoms with Crippen molar-refractivity contribution in [2.45, 2.75) is 13.5 Å². The fraction of sp³-hybridized carbons (Fsp3) is 0.143. The van der Waals surface area contributed by atoms with Crippen LogP contribution >= 0.6 is 0 Å². The van der Waals surface area contributed by atoms with E-state index in [0.29, 0.717) is 12.1 Å². The lowest BCUT2D eigenvalue weighted by Gasteiger charge is -2.02. The summed E-state index contributed by atoms with van der Waals surface area (Å²) in [6, 6.07) is 9.58. The Bertz CT molecular complexity index is 709. The van der Waals surface area contributed by atoms with Crippen molar-refractivity contribution in [2.24, 2.45) is 0 Å². The van der Waals surface area contributed by atoms with Crippen LogP contribution in [0, 0.1) is 6.92 Å². The van der Waals surface area contributed by atoms with Crippen molar-refractivity contribution >= 4 is 17.2 Å². The second-order valence-electron chi connectivity index (χ2n) is 4.31. The fourth-order valence-electron chi connectivity index (χ4n) is 2.07. The number of hydrogen-bond donors (Lipinski definition) is 0. The van der Waals surface area contributed by atoms with E-state index < -0.39 is 0 Å². The van der Waals surface area contributed by atoms with E-state index in [0.717, 1.165) is 28.6 Å². The summed E-state index contributed by atoms with van der Waals surface area (Å²) in [6.45, 7) is 2.51. The average molecular weight is 240 g/mol. The number of nitrogens with zero attached hydrogens (tertiary/aromatic N) is 2. The van der Waals surface area contributed by atoms with Crippen LogP contribution < -0.4 is 0 Å². The van der Waals surface area contributed by atoms with Gasteiger partial charge in [0, 0.05) is 23.3 Å². The molecule has 0 amide bonds. The number of aldehydes is 1. The Labute approximate surface area is 104 Å². The van der Waals surface area contributed by atoms with Gasteiger partial charge in [0.05, 0.1) is 12.2 Å². The maximum absolute atomic E-state index is 10.8. The van der Waals surface area contributed by atoms with E-state index in [-0.39, 0.29) is 0 Å². The minimum atomic E-state index is 0.618. The van der Waals surface area contributed by atoms with Gasteiger partial charge in [-0.3, -0.25) is 4.79 Å². The molecule has 0 saturated heterocycles. The molecule has 2 heterocycles. The quantitative estimate of drug-likeness (QED) is 0.661. The largest absolute Gasteiger partial charge is 0.359 e. The number of fused-ring (bicyclic) bond motifs is 1. The summed E-state index contributed by atoms with van der Waals surface area (Å²) in [6.07, 6.45) is 2.84. The molecule has 0 bridgehead atoms. The van der Waals surface area contributed by atoms with Crippen LogP contribution in [0.15, 0.2) is 41.1 Å². The third-order valence-electron chi connectivity index (χ3n) is 2.94. The highest BCUT2D eigenvalue weighted by Crippen LogP contribution is 2.18. The van der Waals surface area contributed by atoms with E-state index in [4.69, 9.17) is 4.52 Å². The zero-order chi connectivity index (χ0) is 12.5. The minimum absolute atomic E-state index is 0.618. The van der Waals surface area contributed by atoms with Crippen LogP contribution in [-0.2, 0) is 6.54 Å². The summed E-state index contributed by atoms with van der Waals surface area (Å²) >= 11 is 0. The van der Waals surface area contributed by atoms with Crippen molar-refractivity contribution < 1.29 is 9.32 Å². The number of benzene rings is 1. The number of carbonyl (C=O) groups is 1. The summed E-state index contributed by atoms with van der Waals surface area (Å²) in [5.41, 5.74) is 2.57. The van der Waals surface area contributed by atoms with Gasteiger partial charge in [-0.25, -0.2) is 0 Å². The van der Waals surface area contributed by atoms with E-state index in [1.54, 1.807) is 0 Å². The topological polar surface area (TPSA) is 48.0 Å². The lowest BCUT2D eigenvalue weighted by atomic mass is 10.2. The van der Waals surface area contributed by atoms with E-state index in [1.165, 1.54) is 0 Å².